The summed E-state index contributed by atoms with van der Waals surface area (Å²) >= 11 is 2.12. The molecular formula is C19H15N3O6S2. The topological polar surface area (TPSA) is 130 Å². The molecular weight excluding hydrogens is 430 g/mol. The molecule has 30 heavy (non-hydrogen) atoms. The summed E-state index contributed by atoms with van der Waals surface area (Å²) in [7, 11) is 1.62. The number of aromatic amines is 1. The van der Waals surface area contributed by atoms with Gasteiger partial charge in [-0.05, 0) is 25.1 Å². The molecule has 2 aromatic heterocycles. The minimum Gasteiger partial charge on any atom is -0.482 e. The Morgan fingerprint density at radius 1 is 1.37 bits per heavy atom. The van der Waals surface area contributed by atoms with Crippen molar-refractivity contribution >= 4 is 56.7 Å². The average Bonchev–Trinajstić information content (AvgIpc) is 3.15. The van der Waals surface area contributed by atoms with E-state index < -0.39 is 16.8 Å². The summed E-state index contributed by atoms with van der Waals surface area (Å²) in [5.41, 5.74) is 0.250. The molecule has 0 saturated heterocycles. The number of hydrogen-bond acceptors (Lipinski definition) is 8. The Hall–Kier alpha value is -3.18. The lowest BCUT2D eigenvalue weighted by molar-refractivity contribution is -0.121. The standard InChI is InChI=1S/C19H15N3O6S2/c1-8(15(24)9-3-4-12-11(5-9)22(2)13(23)6-28-12)30-19-20-16(25)14-10(18(26)27)7-29-17(14)21-19/h3-5,7-8H,6H2,1-2H3,(H,26,27)(H,20,21,25). The molecule has 1 unspecified atom stereocenters. The summed E-state index contributed by atoms with van der Waals surface area (Å²) in [6.07, 6.45) is 0. The molecule has 1 aliphatic rings. The third kappa shape index (κ3) is 3.46. The van der Waals surface area contributed by atoms with Gasteiger partial charge < -0.3 is 19.7 Å². The molecule has 0 radical (unpaired) electrons. The third-order valence-corrected chi connectivity index (χ3v) is 6.50. The van der Waals surface area contributed by atoms with E-state index >= 15 is 0 Å². The van der Waals surface area contributed by atoms with Crippen molar-refractivity contribution in [2.45, 2.75) is 17.3 Å². The fraction of sp³-hybridized carbons (Fsp3) is 0.211. The van der Waals surface area contributed by atoms with E-state index in [9.17, 15) is 24.3 Å². The second kappa shape index (κ2) is 7.58. The normalized spacial score (nSPS) is 14.3. The number of thiophene rings is 1. The van der Waals surface area contributed by atoms with Crippen LogP contribution in [0.1, 0.15) is 27.6 Å². The number of carbonyl (C=O) groups excluding carboxylic acids is 2. The number of nitrogens with one attached hydrogen (secondary N) is 1. The first-order chi connectivity index (χ1) is 14.3. The van der Waals surface area contributed by atoms with Crippen molar-refractivity contribution in [2.24, 2.45) is 0 Å². The van der Waals surface area contributed by atoms with Crippen molar-refractivity contribution in [2.75, 3.05) is 18.6 Å². The number of ketones is 1. The van der Waals surface area contributed by atoms with Gasteiger partial charge in [0.25, 0.3) is 11.5 Å². The van der Waals surface area contributed by atoms with Crippen molar-refractivity contribution in [3.05, 3.63) is 45.1 Å². The number of carboxylic acids is 1. The zero-order chi connectivity index (χ0) is 21.6. The Kier molecular flexibility index (Phi) is 5.08. The summed E-state index contributed by atoms with van der Waals surface area (Å²) in [5, 5.41) is 10.2. The largest absolute Gasteiger partial charge is 0.482 e. The van der Waals surface area contributed by atoms with E-state index in [1.807, 2.05) is 0 Å². The Bertz CT molecular complexity index is 1260. The molecule has 3 heterocycles. The highest BCUT2D eigenvalue weighted by atomic mass is 32.2. The van der Waals surface area contributed by atoms with Crippen LogP contribution < -0.4 is 15.2 Å². The van der Waals surface area contributed by atoms with Crippen molar-refractivity contribution in [1.82, 2.24) is 9.97 Å². The van der Waals surface area contributed by atoms with Crippen molar-refractivity contribution in [1.29, 1.82) is 0 Å². The van der Waals surface area contributed by atoms with Gasteiger partial charge in [-0.2, -0.15) is 0 Å². The second-order valence-electron chi connectivity index (χ2n) is 6.55. The lowest BCUT2D eigenvalue weighted by Gasteiger charge is -2.26. The Balaban J connectivity index is 1.59. The van der Waals surface area contributed by atoms with Crippen molar-refractivity contribution in [3.63, 3.8) is 0 Å². The number of H-pyrrole nitrogens is 1. The molecule has 154 valence electrons. The molecule has 4 rings (SSSR count). The van der Waals surface area contributed by atoms with Crippen LogP contribution in [0, 0.1) is 0 Å². The molecule has 0 spiro atoms. The molecule has 0 aliphatic carbocycles. The van der Waals surface area contributed by atoms with Crippen molar-refractivity contribution < 1.29 is 24.2 Å². The summed E-state index contributed by atoms with van der Waals surface area (Å²) in [4.78, 5) is 56.9. The molecule has 1 aromatic carbocycles. The van der Waals surface area contributed by atoms with E-state index in [0.717, 1.165) is 23.1 Å². The smallest absolute Gasteiger partial charge is 0.337 e. The van der Waals surface area contributed by atoms with Gasteiger partial charge in [0.15, 0.2) is 17.5 Å². The number of carbonyl (C=O) groups is 3. The number of aromatic carboxylic acids is 1. The maximum atomic E-state index is 12.9. The number of thioether (sulfide) groups is 1. The number of benzene rings is 1. The van der Waals surface area contributed by atoms with Gasteiger partial charge >= 0.3 is 5.97 Å². The van der Waals surface area contributed by atoms with E-state index in [4.69, 9.17) is 4.74 Å². The van der Waals surface area contributed by atoms with Gasteiger partial charge in [0.05, 0.1) is 21.9 Å². The number of amides is 1. The van der Waals surface area contributed by atoms with Crippen LogP contribution in [0.5, 0.6) is 5.75 Å². The fourth-order valence-corrected chi connectivity index (χ4v) is 4.87. The average molecular weight is 445 g/mol. The van der Waals surface area contributed by atoms with Gasteiger partial charge in [-0.3, -0.25) is 14.4 Å². The molecule has 3 aromatic rings. The quantitative estimate of drug-likeness (QED) is 0.348. The zero-order valence-corrected chi connectivity index (χ0v) is 17.4. The number of likely N-dealkylation sites (N-methyl/N-ethyl adjacent to an activating group) is 1. The predicted molar refractivity (Wildman–Crippen MR) is 112 cm³/mol. The number of ether oxygens (including phenoxy) is 1. The van der Waals surface area contributed by atoms with Crippen LogP contribution in [0.4, 0.5) is 5.69 Å². The molecule has 1 amide bonds. The predicted octanol–water partition coefficient (Wildman–Crippen LogP) is 2.40. The van der Waals surface area contributed by atoms with Crippen molar-refractivity contribution in [3.8, 4) is 5.75 Å². The van der Waals surface area contributed by atoms with E-state index in [0.29, 0.717) is 21.8 Å². The molecule has 1 aliphatic heterocycles. The first-order valence-corrected chi connectivity index (χ1v) is 10.5. The van der Waals surface area contributed by atoms with Crippen LogP contribution in [-0.2, 0) is 4.79 Å². The number of aromatic nitrogens is 2. The SMILES string of the molecule is CC(Sc1nc2scc(C(=O)O)c2c(=O)[nH]1)C(=O)c1ccc2c(c1)N(C)C(=O)CO2. The van der Waals surface area contributed by atoms with E-state index in [-0.39, 0.29) is 34.4 Å². The van der Waals surface area contributed by atoms with Gasteiger partial charge in [0.1, 0.15) is 10.6 Å². The molecule has 11 heteroatoms. The van der Waals surface area contributed by atoms with E-state index in [1.165, 1.54) is 10.3 Å². The number of fused-ring (bicyclic) bond motifs is 2. The second-order valence-corrected chi connectivity index (χ2v) is 8.74. The number of nitrogens with zero attached hydrogens (tertiary/aromatic N) is 2. The number of Topliss-reactive ketones (excluding diaryl/α,β-unsaturated/α-hetero) is 1. The highest BCUT2D eigenvalue weighted by Crippen LogP contribution is 2.33. The fourth-order valence-electron chi connectivity index (χ4n) is 3.02. The van der Waals surface area contributed by atoms with Crippen LogP contribution in [-0.4, -0.2) is 51.6 Å². The molecule has 1 atom stereocenters. The minimum absolute atomic E-state index is 0.0261. The summed E-state index contributed by atoms with van der Waals surface area (Å²) in [6, 6.07) is 4.87. The summed E-state index contributed by atoms with van der Waals surface area (Å²) in [6.45, 7) is 1.63. The summed E-state index contributed by atoms with van der Waals surface area (Å²) < 4.78 is 5.37. The summed E-state index contributed by atoms with van der Waals surface area (Å²) in [5.74, 6) is -1.09. The van der Waals surface area contributed by atoms with Gasteiger partial charge in [-0.25, -0.2) is 9.78 Å². The molecule has 0 bridgehead atoms. The van der Waals surface area contributed by atoms with Gasteiger partial charge in [-0.15, -0.1) is 11.3 Å². The number of hydrogen-bond donors (Lipinski definition) is 2. The van der Waals surface area contributed by atoms with Gasteiger partial charge in [0, 0.05) is 18.0 Å². The molecule has 9 nitrogen and oxygen atoms in total. The van der Waals surface area contributed by atoms with Crippen LogP contribution >= 0.6 is 23.1 Å². The Labute approximate surface area is 177 Å². The Morgan fingerprint density at radius 2 is 2.13 bits per heavy atom. The molecule has 2 N–H and O–H groups in total. The van der Waals surface area contributed by atoms with Crippen LogP contribution in [0.3, 0.4) is 0 Å². The molecule has 0 fully saturated rings. The van der Waals surface area contributed by atoms with Crippen LogP contribution in [0.25, 0.3) is 10.2 Å². The lowest BCUT2D eigenvalue weighted by atomic mass is 10.1. The Morgan fingerprint density at radius 3 is 2.87 bits per heavy atom. The zero-order valence-electron chi connectivity index (χ0n) is 15.8. The third-order valence-electron chi connectivity index (χ3n) is 4.64. The number of carboxylic acid groups (broad SMARTS) is 1. The monoisotopic (exact) mass is 445 g/mol. The first-order valence-electron chi connectivity index (χ1n) is 8.75. The first kappa shape index (κ1) is 20.1. The molecule has 0 saturated carbocycles. The highest BCUT2D eigenvalue weighted by Gasteiger charge is 2.25. The number of anilines is 1. The van der Waals surface area contributed by atoms with E-state index in [1.54, 1.807) is 32.2 Å². The highest BCUT2D eigenvalue weighted by molar-refractivity contribution is 8.00. The lowest BCUT2D eigenvalue weighted by Crippen LogP contribution is -2.35. The minimum atomic E-state index is -1.20. The van der Waals surface area contributed by atoms with Gasteiger partial charge in [-0.1, -0.05) is 11.8 Å². The van der Waals surface area contributed by atoms with Crippen LogP contribution in [0.15, 0.2) is 33.5 Å². The maximum Gasteiger partial charge on any atom is 0.337 e. The van der Waals surface area contributed by atoms with Crippen LogP contribution in [0.2, 0.25) is 0 Å². The van der Waals surface area contributed by atoms with E-state index in [2.05, 4.69) is 9.97 Å². The maximum absolute atomic E-state index is 12.9. The van der Waals surface area contributed by atoms with Gasteiger partial charge in [0.2, 0.25) is 0 Å². The number of rotatable bonds is 5.